The normalized spacial score (nSPS) is 13.7. The van der Waals surface area contributed by atoms with Crippen LogP contribution < -0.4 is 11.3 Å². The molecule has 1 aliphatic rings. The second-order valence-corrected chi connectivity index (χ2v) is 5.50. The van der Waals surface area contributed by atoms with E-state index in [2.05, 4.69) is 4.98 Å². The highest BCUT2D eigenvalue weighted by Crippen LogP contribution is 2.27. The molecule has 0 aliphatic carbocycles. The average molecular weight is 331 g/mol. The number of H-pyrrole nitrogens is 1. The van der Waals surface area contributed by atoms with Crippen molar-refractivity contribution in [2.45, 2.75) is 13.0 Å². The maximum atomic E-state index is 13.0. The number of hydrogen-bond acceptors (Lipinski definition) is 4. The summed E-state index contributed by atoms with van der Waals surface area (Å²) in [6.45, 7) is 0.464. The first kappa shape index (κ1) is 15.7. The zero-order chi connectivity index (χ0) is 17.4. The molecule has 1 aliphatic heterocycles. The highest BCUT2D eigenvalue weighted by Gasteiger charge is 2.32. The lowest BCUT2D eigenvalue weighted by Crippen LogP contribution is -2.40. The number of nitrogens with two attached hydrogens (primary N) is 1. The van der Waals surface area contributed by atoms with E-state index in [1.165, 1.54) is 17.0 Å². The topological polar surface area (TPSA) is 116 Å². The molecule has 8 heteroatoms. The third-order valence-electron chi connectivity index (χ3n) is 3.96. The van der Waals surface area contributed by atoms with Crippen LogP contribution in [-0.4, -0.2) is 33.3 Å². The van der Waals surface area contributed by atoms with Crippen molar-refractivity contribution in [1.82, 2.24) is 9.88 Å². The third-order valence-corrected chi connectivity index (χ3v) is 3.96. The minimum Gasteiger partial charge on any atom is -0.502 e. The summed E-state index contributed by atoms with van der Waals surface area (Å²) in [5.74, 6) is -2.57. The SMILES string of the molecule is NC(=O)c1[nH]c(=O)c(O)c2c1CCN(Cc1ccc(F)cc1)C2=O. The molecule has 0 saturated carbocycles. The molecule has 0 radical (unpaired) electrons. The number of amides is 2. The van der Waals surface area contributed by atoms with Gasteiger partial charge in [-0.2, -0.15) is 0 Å². The van der Waals surface area contributed by atoms with Gasteiger partial charge in [-0.3, -0.25) is 14.4 Å². The zero-order valence-electron chi connectivity index (χ0n) is 12.5. The fourth-order valence-electron chi connectivity index (χ4n) is 2.79. The second kappa shape index (κ2) is 5.80. The maximum Gasteiger partial charge on any atom is 0.291 e. The molecule has 2 aromatic rings. The van der Waals surface area contributed by atoms with Crippen molar-refractivity contribution in [3.8, 4) is 5.75 Å². The molecule has 4 N–H and O–H groups in total. The highest BCUT2D eigenvalue weighted by molar-refractivity contribution is 6.03. The summed E-state index contributed by atoms with van der Waals surface area (Å²) in [7, 11) is 0. The van der Waals surface area contributed by atoms with Crippen LogP contribution in [-0.2, 0) is 13.0 Å². The lowest BCUT2D eigenvalue weighted by molar-refractivity contribution is 0.0722. The predicted molar refractivity (Wildman–Crippen MR) is 82.1 cm³/mol. The van der Waals surface area contributed by atoms with E-state index >= 15 is 0 Å². The number of nitrogens with zero attached hydrogens (tertiary/aromatic N) is 1. The van der Waals surface area contributed by atoms with Crippen molar-refractivity contribution in [2.24, 2.45) is 5.73 Å². The quantitative estimate of drug-likeness (QED) is 0.760. The van der Waals surface area contributed by atoms with Gasteiger partial charge in [0.2, 0.25) is 0 Å². The van der Waals surface area contributed by atoms with Gasteiger partial charge < -0.3 is 20.7 Å². The lowest BCUT2D eigenvalue weighted by Gasteiger charge is -2.29. The summed E-state index contributed by atoms with van der Waals surface area (Å²) >= 11 is 0. The van der Waals surface area contributed by atoms with Crippen LogP contribution in [0.1, 0.15) is 32.0 Å². The van der Waals surface area contributed by atoms with Gasteiger partial charge in [0.05, 0.1) is 5.56 Å². The van der Waals surface area contributed by atoms with Gasteiger partial charge in [0.1, 0.15) is 11.5 Å². The van der Waals surface area contributed by atoms with Gasteiger partial charge in [-0.25, -0.2) is 4.39 Å². The summed E-state index contributed by atoms with van der Waals surface area (Å²) in [6.07, 6.45) is 0.255. The Morgan fingerprint density at radius 1 is 1.29 bits per heavy atom. The zero-order valence-corrected chi connectivity index (χ0v) is 12.5. The standard InChI is InChI=1S/C16H14FN3O4/c17-9-3-1-8(2-4-9)7-20-6-5-10-11(16(20)24)13(21)15(23)19-12(10)14(18)22/h1-4,21H,5-7H2,(H2,18,22)(H,19,23). The third kappa shape index (κ3) is 2.62. The van der Waals surface area contributed by atoms with Crippen LogP contribution in [0.15, 0.2) is 29.1 Å². The number of nitrogens with one attached hydrogen (secondary N) is 1. The number of hydrogen-bond donors (Lipinski definition) is 3. The van der Waals surface area contributed by atoms with Crippen LogP contribution in [0.2, 0.25) is 0 Å². The van der Waals surface area contributed by atoms with Gasteiger partial charge in [0.25, 0.3) is 17.4 Å². The summed E-state index contributed by atoms with van der Waals surface area (Å²) in [4.78, 5) is 39.4. The Labute approximate surface area is 135 Å². The average Bonchev–Trinajstić information content (AvgIpc) is 2.54. The number of benzene rings is 1. The molecule has 3 rings (SSSR count). The molecule has 0 atom stereocenters. The van der Waals surface area contributed by atoms with Crippen molar-refractivity contribution in [2.75, 3.05) is 6.54 Å². The van der Waals surface area contributed by atoms with Crippen LogP contribution in [0.4, 0.5) is 4.39 Å². The van der Waals surface area contributed by atoms with Crippen LogP contribution in [0, 0.1) is 5.82 Å². The van der Waals surface area contributed by atoms with Crippen molar-refractivity contribution in [3.63, 3.8) is 0 Å². The van der Waals surface area contributed by atoms with E-state index in [0.717, 1.165) is 0 Å². The number of halogens is 1. The molecule has 0 fully saturated rings. The number of primary amides is 1. The van der Waals surface area contributed by atoms with Gasteiger partial charge in [-0.1, -0.05) is 12.1 Å². The molecule has 7 nitrogen and oxygen atoms in total. The monoisotopic (exact) mass is 331 g/mol. The smallest absolute Gasteiger partial charge is 0.291 e. The van der Waals surface area contributed by atoms with E-state index in [9.17, 15) is 23.9 Å². The number of aromatic hydroxyl groups is 1. The van der Waals surface area contributed by atoms with E-state index in [1.807, 2.05) is 0 Å². The minimum absolute atomic E-state index is 0.164. The van der Waals surface area contributed by atoms with E-state index < -0.39 is 23.1 Å². The van der Waals surface area contributed by atoms with Gasteiger partial charge in [0.15, 0.2) is 5.75 Å². The first-order valence-corrected chi connectivity index (χ1v) is 7.20. The van der Waals surface area contributed by atoms with Gasteiger partial charge in [0, 0.05) is 13.1 Å². The fourth-order valence-corrected chi connectivity index (χ4v) is 2.79. The van der Waals surface area contributed by atoms with Gasteiger partial charge in [-0.15, -0.1) is 0 Å². The molecule has 1 aromatic carbocycles. The summed E-state index contributed by atoms with van der Waals surface area (Å²) in [5, 5.41) is 9.95. The molecule has 0 unspecified atom stereocenters. The summed E-state index contributed by atoms with van der Waals surface area (Å²) in [6, 6.07) is 5.66. The van der Waals surface area contributed by atoms with E-state index in [-0.39, 0.29) is 42.1 Å². The Bertz CT molecular complexity index is 889. The lowest BCUT2D eigenvalue weighted by atomic mass is 9.96. The Balaban J connectivity index is 1.99. The second-order valence-electron chi connectivity index (χ2n) is 5.50. The van der Waals surface area contributed by atoms with E-state index in [4.69, 9.17) is 5.73 Å². The largest absolute Gasteiger partial charge is 0.502 e. The first-order chi connectivity index (χ1) is 11.4. The number of aromatic amines is 1. The number of carbonyl (C=O) groups is 2. The molecule has 2 heterocycles. The molecule has 0 spiro atoms. The number of carbonyl (C=O) groups excluding carboxylic acids is 2. The molecule has 2 amide bonds. The Morgan fingerprint density at radius 3 is 2.58 bits per heavy atom. The molecule has 0 bridgehead atoms. The minimum atomic E-state index is -0.945. The van der Waals surface area contributed by atoms with E-state index in [0.29, 0.717) is 5.56 Å². The fraction of sp³-hybridized carbons (Fsp3) is 0.188. The number of rotatable bonds is 3. The maximum absolute atomic E-state index is 13.0. The number of aromatic nitrogens is 1. The van der Waals surface area contributed by atoms with Crippen molar-refractivity contribution in [1.29, 1.82) is 0 Å². The summed E-state index contributed by atoms with van der Waals surface area (Å²) < 4.78 is 13.0. The van der Waals surface area contributed by atoms with Gasteiger partial charge in [-0.05, 0) is 29.7 Å². The van der Waals surface area contributed by atoms with Crippen LogP contribution in [0.5, 0.6) is 5.75 Å². The van der Waals surface area contributed by atoms with Crippen molar-refractivity contribution >= 4 is 11.8 Å². The van der Waals surface area contributed by atoms with Crippen molar-refractivity contribution < 1.29 is 19.1 Å². The van der Waals surface area contributed by atoms with Crippen LogP contribution in [0.25, 0.3) is 0 Å². The molecule has 24 heavy (non-hydrogen) atoms. The Kier molecular flexibility index (Phi) is 3.80. The van der Waals surface area contributed by atoms with Crippen molar-refractivity contribution in [3.05, 3.63) is 62.8 Å². The summed E-state index contributed by atoms with van der Waals surface area (Å²) in [5.41, 5.74) is 4.84. The van der Waals surface area contributed by atoms with Gasteiger partial charge >= 0.3 is 0 Å². The molecule has 1 aromatic heterocycles. The highest BCUT2D eigenvalue weighted by atomic mass is 19.1. The first-order valence-electron chi connectivity index (χ1n) is 7.20. The van der Waals surface area contributed by atoms with Crippen LogP contribution >= 0.6 is 0 Å². The Hall–Kier alpha value is -3.16. The Morgan fingerprint density at radius 2 is 1.96 bits per heavy atom. The molecular weight excluding hydrogens is 317 g/mol. The predicted octanol–water partition coefficient (Wildman–Crippen LogP) is 0.517. The molecule has 0 saturated heterocycles. The molecular formula is C16H14FN3O4. The van der Waals surface area contributed by atoms with Crippen LogP contribution in [0.3, 0.4) is 0 Å². The number of pyridine rings is 1. The number of fused-ring (bicyclic) bond motifs is 1. The van der Waals surface area contributed by atoms with E-state index in [1.54, 1.807) is 12.1 Å². The molecule has 124 valence electrons.